The predicted molar refractivity (Wildman–Crippen MR) is 81.0 cm³/mol. The zero-order valence-electron chi connectivity index (χ0n) is 9.77. The lowest BCUT2D eigenvalue weighted by Gasteiger charge is -2.02. The number of nitrogens with zero attached hydrogens (tertiary/aromatic N) is 1. The van der Waals surface area contributed by atoms with E-state index < -0.39 is 0 Å². The maximum Gasteiger partial charge on any atom is 0.0702 e. The molecule has 0 bridgehead atoms. The summed E-state index contributed by atoms with van der Waals surface area (Å²) in [6, 6.07) is 12.7. The highest BCUT2D eigenvalue weighted by Crippen LogP contribution is 2.26. The van der Waals surface area contributed by atoms with Gasteiger partial charge in [-0.15, -0.1) is 11.3 Å². The Kier molecular flexibility index (Phi) is 3.24. The Morgan fingerprint density at radius 3 is 2.72 bits per heavy atom. The molecule has 18 heavy (non-hydrogen) atoms. The summed E-state index contributed by atoms with van der Waals surface area (Å²) < 4.78 is 3.45. The Balaban J connectivity index is 2.06. The van der Waals surface area contributed by atoms with Crippen molar-refractivity contribution in [1.29, 1.82) is 0 Å². The summed E-state index contributed by atoms with van der Waals surface area (Å²) in [6.45, 7) is 1.48. The zero-order chi connectivity index (χ0) is 12.5. The molecular weight excluding hydrogens is 308 g/mol. The van der Waals surface area contributed by atoms with Crippen molar-refractivity contribution in [2.75, 3.05) is 0 Å². The van der Waals surface area contributed by atoms with E-state index in [1.54, 1.807) is 11.3 Å². The summed E-state index contributed by atoms with van der Waals surface area (Å²) in [6.07, 6.45) is 2.16. The second-order valence-corrected chi connectivity index (χ2v) is 6.76. The minimum absolute atomic E-state index is 0.585. The number of halogens is 1. The minimum atomic E-state index is 0.585. The largest absolute Gasteiger partial charge is 0.342 e. The molecule has 2 aromatic heterocycles. The van der Waals surface area contributed by atoms with Gasteiger partial charge in [0, 0.05) is 28.5 Å². The number of fused-ring (bicyclic) bond motifs is 1. The molecule has 0 fully saturated rings. The van der Waals surface area contributed by atoms with Crippen LogP contribution in [0.1, 0.15) is 10.4 Å². The molecule has 2 nitrogen and oxygen atoms in total. The van der Waals surface area contributed by atoms with Crippen LogP contribution in [0.15, 0.2) is 46.4 Å². The van der Waals surface area contributed by atoms with E-state index in [9.17, 15) is 0 Å². The number of rotatable bonds is 3. The third kappa shape index (κ3) is 2.11. The molecule has 2 heterocycles. The van der Waals surface area contributed by atoms with E-state index in [4.69, 9.17) is 5.73 Å². The van der Waals surface area contributed by atoms with Gasteiger partial charge < -0.3 is 10.3 Å². The van der Waals surface area contributed by atoms with Gasteiger partial charge in [0.1, 0.15) is 0 Å². The highest BCUT2D eigenvalue weighted by Gasteiger charge is 2.07. The van der Waals surface area contributed by atoms with E-state index in [0.717, 1.165) is 6.54 Å². The molecule has 0 aliphatic heterocycles. The second-order valence-electron chi connectivity index (χ2n) is 4.21. The SMILES string of the molecule is NCc1cn(Cc2ccc(Br)s2)c2ccccc12. The van der Waals surface area contributed by atoms with E-state index >= 15 is 0 Å². The maximum atomic E-state index is 5.81. The average Bonchev–Trinajstić information content (AvgIpc) is 2.95. The molecule has 0 aliphatic carbocycles. The average molecular weight is 321 g/mol. The van der Waals surface area contributed by atoms with Gasteiger partial charge in [0.25, 0.3) is 0 Å². The van der Waals surface area contributed by atoms with Crippen LogP contribution in [-0.2, 0) is 13.1 Å². The second kappa shape index (κ2) is 4.88. The normalized spacial score (nSPS) is 11.2. The first-order valence-corrected chi connectivity index (χ1v) is 7.40. The number of nitrogens with two attached hydrogens (primary N) is 1. The summed E-state index contributed by atoms with van der Waals surface area (Å²) in [5.74, 6) is 0. The van der Waals surface area contributed by atoms with E-state index in [1.165, 1.54) is 25.1 Å². The Morgan fingerprint density at radius 2 is 2.00 bits per heavy atom. The molecule has 0 spiro atoms. The van der Waals surface area contributed by atoms with Gasteiger partial charge >= 0.3 is 0 Å². The van der Waals surface area contributed by atoms with E-state index in [1.807, 2.05) is 0 Å². The molecule has 3 aromatic rings. The molecule has 0 amide bonds. The van der Waals surface area contributed by atoms with Crippen molar-refractivity contribution >= 4 is 38.2 Å². The number of para-hydroxylation sites is 1. The Bertz CT molecular complexity index is 684. The van der Waals surface area contributed by atoms with Crippen molar-refractivity contribution < 1.29 is 0 Å². The number of hydrogen-bond acceptors (Lipinski definition) is 2. The van der Waals surface area contributed by atoms with Gasteiger partial charge in [0.05, 0.1) is 10.3 Å². The Labute approximate surface area is 118 Å². The minimum Gasteiger partial charge on any atom is -0.342 e. The number of hydrogen-bond donors (Lipinski definition) is 1. The lowest BCUT2D eigenvalue weighted by atomic mass is 10.2. The fourth-order valence-electron chi connectivity index (χ4n) is 2.22. The van der Waals surface area contributed by atoms with Gasteiger partial charge in [-0.05, 0) is 39.7 Å². The van der Waals surface area contributed by atoms with Gasteiger partial charge in [-0.3, -0.25) is 0 Å². The van der Waals surface area contributed by atoms with E-state index in [-0.39, 0.29) is 0 Å². The summed E-state index contributed by atoms with van der Waals surface area (Å²) >= 11 is 5.28. The molecule has 0 saturated carbocycles. The molecule has 0 saturated heterocycles. The first-order chi connectivity index (χ1) is 8.78. The van der Waals surface area contributed by atoms with Crippen molar-refractivity contribution in [3.63, 3.8) is 0 Å². The molecule has 0 radical (unpaired) electrons. The van der Waals surface area contributed by atoms with Crippen LogP contribution in [0.2, 0.25) is 0 Å². The molecule has 0 unspecified atom stereocenters. The summed E-state index contributed by atoms with van der Waals surface area (Å²) in [5.41, 5.74) is 8.27. The molecule has 0 atom stereocenters. The van der Waals surface area contributed by atoms with Crippen molar-refractivity contribution in [1.82, 2.24) is 4.57 Å². The van der Waals surface area contributed by atoms with E-state index in [2.05, 4.69) is 63.1 Å². The lowest BCUT2D eigenvalue weighted by molar-refractivity contribution is 0.843. The molecular formula is C14H13BrN2S. The quantitative estimate of drug-likeness (QED) is 0.777. The highest BCUT2D eigenvalue weighted by atomic mass is 79.9. The lowest BCUT2D eigenvalue weighted by Crippen LogP contribution is -1.97. The summed E-state index contributed by atoms with van der Waals surface area (Å²) in [7, 11) is 0. The summed E-state index contributed by atoms with van der Waals surface area (Å²) in [4.78, 5) is 1.34. The molecule has 92 valence electrons. The van der Waals surface area contributed by atoms with Crippen LogP contribution < -0.4 is 5.73 Å². The first kappa shape index (κ1) is 12.0. The number of thiophene rings is 1. The molecule has 1 aromatic carbocycles. The third-order valence-electron chi connectivity index (χ3n) is 3.05. The van der Waals surface area contributed by atoms with Gasteiger partial charge in [-0.25, -0.2) is 0 Å². The Hall–Kier alpha value is -1.10. The van der Waals surface area contributed by atoms with Crippen LogP contribution in [0.4, 0.5) is 0 Å². The monoisotopic (exact) mass is 320 g/mol. The van der Waals surface area contributed by atoms with Crippen molar-refractivity contribution in [2.45, 2.75) is 13.1 Å². The fourth-order valence-corrected chi connectivity index (χ4v) is 3.70. The standard InChI is InChI=1S/C14H13BrN2S/c15-14-6-5-11(18-14)9-17-8-10(7-16)12-3-1-2-4-13(12)17/h1-6,8H,7,9,16H2. The van der Waals surface area contributed by atoms with Crippen LogP contribution in [0.5, 0.6) is 0 Å². The van der Waals surface area contributed by atoms with Crippen molar-refractivity contribution in [3.8, 4) is 0 Å². The van der Waals surface area contributed by atoms with E-state index in [0.29, 0.717) is 6.54 Å². The van der Waals surface area contributed by atoms with Crippen LogP contribution in [0, 0.1) is 0 Å². The van der Waals surface area contributed by atoms with Crippen LogP contribution in [0.25, 0.3) is 10.9 Å². The zero-order valence-corrected chi connectivity index (χ0v) is 12.2. The molecule has 3 rings (SSSR count). The first-order valence-electron chi connectivity index (χ1n) is 5.79. The summed E-state index contributed by atoms with van der Waals surface area (Å²) in [5, 5.41) is 1.26. The third-order valence-corrected chi connectivity index (χ3v) is 4.65. The fraction of sp³-hybridized carbons (Fsp3) is 0.143. The molecule has 0 aliphatic rings. The predicted octanol–water partition coefficient (Wildman–Crippen LogP) is 3.97. The number of aromatic nitrogens is 1. The van der Waals surface area contributed by atoms with Gasteiger partial charge in [-0.1, -0.05) is 18.2 Å². The Morgan fingerprint density at radius 1 is 1.17 bits per heavy atom. The van der Waals surface area contributed by atoms with Crippen molar-refractivity contribution in [3.05, 3.63) is 56.8 Å². The number of benzene rings is 1. The molecule has 2 N–H and O–H groups in total. The van der Waals surface area contributed by atoms with Gasteiger partial charge in [0.15, 0.2) is 0 Å². The smallest absolute Gasteiger partial charge is 0.0702 e. The maximum absolute atomic E-state index is 5.81. The van der Waals surface area contributed by atoms with Crippen LogP contribution in [-0.4, -0.2) is 4.57 Å². The highest BCUT2D eigenvalue weighted by molar-refractivity contribution is 9.11. The van der Waals surface area contributed by atoms with Crippen molar-refractivity contribution in [2.24, 2.45) is 5.73 Å². The van der Waals surface area contributed by atoms with Gasteiger partial charge in [0.2, 0.25) is 0 Å². The molecule has 4 heteroatoms. The topological polar surface area (TPSA) is 30.9 Å². The van der Waals surface area contributed by atoms with Gasteiger partial charge in [-0.2, -0.15) is 0 Å². The van der Waals surface area contributed by atoms with Crippen LogP contribution in [0.3, 0.4) is 0 Å². The van der Waals surface area contributed by atoms with Crippen LogP contribution >= 0.6 is 27.3 Å².